The molecule has 3 nitrogen and oxygen atoms in total. The number of benzene rings is 1. The van der Waals surface area contributed by atoms with Crippen molar-refractivity contribution in [2.75, 3.05) is 0 Å². The molecule has 0 bridgehead atoms. The minimum Gasteiger partial charge on any atom is -0.337 e. The molecule has 0 amide bonds. The van der Waals surface area contributed by atoms with Crippen LogP contribution in [0.2, 0.25) is 0 Å². The van der Waals surface area contributed by atoms with Gasteiger partial charge in [-0.3, -0.25) is 4.79 Å². The number of rotatable bonds is 3. The summed E-state index contributed by atoms with van der Waals surface area (Å²) in [4.78, 5) is 11.8. The maximum absolute atomic E-state index is 11.8. The van der Waals surface area contributed by atoms with E-state index in [4.69, 9.17) is 9.47 Å². The van der Waals surface area contributed by atoms with Crippen LogP contribution in [-0.2, 0) is 14.3 Å². The Bertz CT molecular complexity index is 399. The summed E-state index contributed by atoms with van der Waals surface area (Å²) in [6.07, 6.45) is 0.882. The van der Waals surface area contributed by atoms with Gasteiger partial charge in [0.2, 0.25) is 0 Å². The van der Waals surface area contributed by atoms with Gasteiger partial charge in [0.05, 0.1) is 0 Å². The van der Waals surface area contributed by atoms with Crippen molar-refractivity contribution < 1.29 is 14.3 Å². The van der Waals surface area contributed by atoms with E-state index in [0.29, 0.717) is 6.42 Å². The molecule has 1 aliphatic heterocycles. The summed E-state index contributed by atoms with van der Waals surface area (Å²) in [6.45, 7) is 5.40. The zero-order valence-corrected chi connectivity index (χ0v) is 9.84. The highest BCUT2D eigenvalue weighted by molar-refractivity contribution is 5.87. The Hall–Kier alpha value is -1.45. The summed E-state index contributed by atoms with van der Waals surface area (Å²) in [7, 11) is 0. The van der Waals surface area contributed by atoms with Gasteiger partial charge in [-0.2, -0.15) is 0 Å². The van der Waals surface area contributed by atoms with E-state index in [9.17, 15) is 4.79 Å². The van der Waals surface area contributed by atoms with E-state index in [1.807, 2.05) is 30.3 Å². The van der Waals surface area contributed by atoms with Gasteiger partial charge >= 0.3 is 0 Å². The summed E-state index contributed by atoms with van der Waals surface area (Å²) in [5, 5.41) is 0. The molecule has 2 rings (SSSR count). The molecule has 0 N–H and O–H groups in total. The largest absolute Gasteiger partial charge is 0.337 e. The molecule has 0 radical (unpaired) electrons. The van der Waals surface area contributed by atoms with Crippen molar-refractivity contribution in [1.82, 2.24) is 0 Å². The van der Waals surface area contributed by atoms with Crippen molar-refractivity contribution >= 4 is 5.78 Å². The third-order valence-electron chi connectivity index (χ3n) is 2.79. The predicted octanol–water partition coefficient (Wildman–Crippen LogP) is 2.63. The monoisotopic (exact) mass is 232 g/mol. The molecule has 1 saturated heterocycles. The molecule has 0 spiro atoms. The van der Waals surface area contributed by atoms with Crippen molar-refractivity contribution in [2.24, 2.45) is 0 Å². The van der Waals surface area contributed by atoms with E-state index in [1.54, 1.807) is 13.0 Å². The molecule has 0 saturated carbocycles. The highest BCUT2D eigenvalue weighted by Gasteiger charge is 2.35. The van der Waals surface area contributed by atoms with Gasteiger partial charge in [-0.05, 0) is 13.3 Å². The predicted molar refractivity (Wildman–Crippen MR) is 64.4 cm³/mol. The lowest BCUT2D eigenvalue weighted by molar-refractivity contribution is -0.230. The quantitative estimate of drug-likeness (QED) is 0.751. The molecule has 1 aromatic rings. The Labute approximate surface area is 101 Å². The van der Waals surface area contributed by atoms with Crippen molar-refractivity contribution in [3.63, 3.8) is 0 Å². The van der Waals surface area contributed by atoms with Crippen LogP contribution in [0.25, 0.3) is 0 Å². The number of carbonyl (C=O) groups excluding carboxylic acids is 1. The number of hydrogen-bond acceptors (Lipinski definition) is 3. The van der Waals surface area contributed by atoms with E-state index >= 15 is 0 Å². The fourth-order valence-corrected chi connectivity index (χ4v) is 1.85. The number of hydrogen-bond donors (Lipinski definition) is 0. The lowest BCUT2D eigenvalue weighted by Gasteiger charge is -2.32. The van der Waals surface area contributed by atoms with Crippen LogP contribution in [0.4, 0.5) is 0 Å². The summed E-state index contributed by atoms with van der Waals surface area (Å²) in [5.74, 6) is -0.0166. The second-order valence-electron chi connectivity index (χ2n) is 4.07. The molecule has 1 fully saturated rings. The van der Waals surface area contributed by atoms with E-state index in [2.05, 4.69) is 6.58 Å². The lowest BCUT2D eigenvalue weighted by atomic mass is 10.1. The first-order chi connectivity index (χ1) is 8.22. The minimum atomic E-state index is -0.464. The van der Waals surface area contributed by atoms with E-state index < -0.39 is 18.5 Å². The van der Waals surface area contributed by atoms with Gasteiger partial charge in [-0.15, -0.1) is 6.58 Å². The Morgan fingerprint density at radius 3 is 2.65 bits per heavy atom. The molecular weight excluding hydrogens is 216 g/mol. The molecule has 3 atom stereocenters. The summed E-state index contributed by atoms with van der Waals surface area (Å²) >= 11 is 0. The van der Waals surface area contributed by atoms with Crippen LogP contribution in [-0.4, -0.2) is 18.0 Å². The van der Waals surface area contributed by atoms with Crippen LogP contribution in [0, 0.1) is 0 Å². The van der Waals surface area contributed by atoms with Gasteiger partial charge < -0.3 is 9.47 Å². The molecule has 90 valence electrons. The lowest BCUT2D eigenvalue weighted by Crippen LogP contribution is -2.41. The highest BCUT2D eigenvalue weighted by Crippen LogP contribution is 2.29. The molecule has 1 aromatic carbocycles. The van der Waals surface area contributed by atoms with Crippen LogP contribution < -0.4 is 0 Å². The van der Waals surface area contributed by atoms with Crippen LogP contribution >= 0.6 is 0 Å². The van der Waals surface area contributed by atoms with Crippen LogP contribution in [0.5, 0.6) is 0 Å². The second-order valence-corrected chi connectivity index (χ2v) is 4.07. The number of carbonyl (C=O) groups is 1. The molecule has 0 aliphatic carbocycles. The van der Waals surface area contributed by atoms with Gasteiger partial charge in [0.25, 0.3) is 0 Å². The normalized spacial score (nSPS) is 29.0. The molecule has 1 aliphatic rings. The van der Waals surface area contributed by atoms with Gasteiger partial charge in [0, 0.05) is 5.56 Å². The van der Waals surface area contributed by atoms with Crippen LogP contribution in [0.1, 0.15) is 25.2 Å². The smallest absolute Gasteiger partial charge is 0.190 e. The number of Topliss-reactive ketones (excluding diaryl/α,β-unsaturated/α-hetero) is 1. The van der Waals surface area contributed by atoms with Gasteiger partial charge in [0.15, 0.2) is 12.1 Å². The summed E-state index contributed by atoms with van der Waals surface area (Å²) < 4.78 is 11.2. The zero-order chi connectivity index (χ0) is 12.3. The summed E-state index contributed by atoms with van der Waals surface area (Å²) in [5.41, 5.74) is 0.931. The van der Waals surface area contributed by atoms with Gasteiger partial charge in [-0.25, -0.2) is 0 Å². The molecular formula is C14H16O3. The molecule has 1 heterocycles. The van der Waals surface area contributed by atoms with Gasteiger partial charge in [0.1, 0.15) is 12.2 Å². The maximum atomic E-state index is 11.8. The zero-order valence-electron chi connectivity index (χ0n) is 9.84. The fourth-order valence-electron chi connectivity index (χ4n) is 1.85. The fraction of sp³-hybridized carbons (Fsp3) is 0.357. The third-order valence-corrected chi connectivity index (χ3v) is 2.79. The molecule has 0 unspecified atom stereocenters. The average molecular weight is 232 g/mol. The highest BCUT2D eigenvalue weighted by atomic mass is 16.7. The van der Waals surface area contributed by atoms with Crippen LogP contribution in [0.3, 0.4) is 0 Å². The minimum absolute atomic E-state index is 0.0166. The Morgan fingerprint density at radius 2 is 2.00 bits per heavy atom. The third kappa shape index (κ3) is 2.62. The van der Waals surface area contributed by atoms with Crippen molar-refractivity contribution in [3.8, 4) is 0 Å². The maximum Gasteiger partial charge on any atom is 0.190 e. The molecule has 3 heteroatoms. The standard InChI is InChI=1S/C14H16O3/c1-3-7-12-13(15)10(2)16-14(17-12)11-8-5-4-6-9-11/h3-6,8-10,12,14H,1,7H2,2H3/t10-,12-,14-/m1/s1. The SMILES string of the molecule is C=CC[C@H]1O[C@H](c2ccccc2)O[C@H](C)C1=O. The Balaban J connectivity index is 2.15. The Kier molecular flexibility index (Phi) is 3.71. The Morgan fingerprint density at radius 1 is 1.29 bits per heavy atom. The number of ketones is 1. The molecule has 0 aromatic heterocycles. The van der Waals surface area contributed by atoms with Crippen LogP contribution in [0.15, 0.2) is 43.0 Å². The first kappa shape index (κ1) is 12.0. The number of ether oxygens (including phenoxy) is 2. The van der Waals surface area contributed by atoms with E-state index in [-0.39, 0.29) is 5.78 Å². The van der Waals surface area contributed by atoms with E-state index in [1.165, 1.54) is 0 Å². The average Bonchev–Trinajstić information content (AvgIpc) is 2.36. The second kappa shape index (κ2) is 5.25. The topological polar surface area (TPSA) is 35.5 Å². The first-order valence-electron chi connectivity index (χ1n) is 5.73. The summed E-state index contributed by atoms with van der Waals surface area (Å²) in [6, 6.07) is 9.63. The van der Waals surface area contributed by atoms with Crippen molar-refractivity contribution in [3.05, 3.63) is 48.6 Å². The first-order valence-corrected chi connectivity index (χ1v) is 5.73. The van der Waals surface area contributed by atoms with E-state index in [0.717, 1.165) is 5.56 Å². The molecule has 17 heavy (non-hydrogen) atoms. The van der Waals surface area contributed by atoms with Crippen molar-refractivity contribution in [2.45, 2.75) is 31.8 Å². The van der Waals surface area contributed by atoms with Gasteiger partial charge in [-0.1, -0.05) is 36.4 Å². The van der Waals surface area contributed by atoms with Crippen molar-refractivity contribution in [1.29, 1.82) is 0 Å².